The number of amides is 2. The summed E-state index contributed by atoms with van der Waals surface area (Å²) in [6.45, 7) is 0. The van der Waals surface area contributed by atoms with E-state index in [2.05, 4.69) is 15.8 Å². The third-order valence-electron chi connectivity index (χ3n) is 3.11. The zero-order valence-corrected chi connectivity index (χ0v) is 14.5. The lowest BCUT2D eigenvalue weighted by Gasteiger charge is -2.07. The molecular weight excluding hydrogens is 365 g/mol. The molecule has 2 aromatic carbocycles. The molecule has 8 heteroatoms. The zero-order chi connectivity index (χ0) is 18.2. The molecule has 0 radical (unpaired) electrons. The number of hydrazone groups is 1. The first-order valence-corrected chi connectivity index (χ1v) is 8.06. The van der Waals surface area contributed by atoms with Crippen molar-refractivity contribution < 1.29 is 14.7 Å². The van der Waals surface area contributed by atoms with Gasteiger partial charge in [0, 0.05) is 23.4 Å². The Kier molecular flexibility index (Phi) is 6.80. The number of hydrogen-bond donors (Lipinski definition) is 3. The van der Waals surface area contributed by atoms with Crippen LogP contribution >= 0.6 is 23.2 Å². The highest BCUT2D eigenvalue weighted by molar-refractivity contribution is 6.36. The summed E-state index contributed by atoms with van der Waals surface area (Å²) in [5.74, 6) is -0.729. The maximum atomic E-state index is 11.8. The Bertz CT molecular complexity index is 809. The smallest absolute Gasteiger partial charge is 0.240 e. The molecule has 0 fully saturated rings. The lowest BCUT2D eigenvalue weighted by Crippen LogP contribution is -2.20. The summed E-state index contributed by atoms with van der Waals surface area (Å²) in [5, 5.41) is 16.7. The van der Waals surface area contributed by atoms with Crippen molar-refractivity contribution in [2.24, 2.45) is 5.10 Å². The van der Waals surface area contributed by atoms with E-state index in [1.807, 2.05) is 0 Å². The number of hydrogen-bond acceptors (Lipinski definition) is 4. The molecule has 3 N–H and O–H groups in total. The quantitative estimate of drug-likeness (QED) is 0.529. The highest BCUT2D eigenvalue weighted by atomic mass is 35.5. The number of phenolic OH excluding ortho intramolecular Hbond substituents is 1. The molecule has 0 aromatic heterocycles. The van der Waals surface area contributed by atoms with Crippen LogP contribution in [0.25, 0.3) is 0 Å². The van der Waals surface area contributed by atoms with Crippen molar-refractivity contribution in [1.29, 1.82) is 0 Å². The fraction of sp³-hybridized carbons (Fsp3) is 0.118. The van der Waals surface area contributed by atoms with Crippen LogP contribution in [0.5, 0.6) is 5.75 Å². The number of rotatable bonds is 6. The predicted octanol–water partition coefficient (Wildman–Crippen LogP) is 3.57. The number of aromatic hydroxyl groups is 1. The van der Waals surface area contributed by atoms with Crippen molar-refractivity contribution in [3.63, 3.8) is 0 Å². The molecule has 0 unspecified atom stereocenters. The van der Waals surface area contributed by atoms with Gasteiger partial charge < -0.3 is 10.4 Å². The molecule has 0 aliphatic rings. The van der Waals surface area contributed by atoms with Gasteiger partial charge in [-0.2, -0.15) is 5.10 Å². The van der Waals surface area contributed by atoms with E-state index in [4.69, 9.17) is 23.2 Å². The van der Waals surface area contributed by atoms with Gasteiger partial charge in [0.2, 0.25) is 11.8 Å². The minimum absolute atomic E-state index is 0.0309. The maximum absolute atomic E-state index is 11.8. The fourth-order valence-corrected chi connectivity index (χ4v) is 2.31. The minimum Gasteiger partial charge on any atom is -0.507 e. The molecule has 0 heterocycles. The van der Waals surface area contributed by atoms with Gasteiger partial charge in [0.05, 0.1) is 16.9 Å². The van der Waals surface area contributed by atoms with Gasteiger partial charge in [0.15, 0.2) is 0 Å². The number of para-hydroxylation sites is 1. The Hall–Kier alpha value is -2.57. The fourth-order valence-electron chi connectivity index (χ4n) is 1.86. The molecule has 0 atom stereocenters. The number of carbonyl (C=O) groups is 2. The van der Waals surface area contributed by atoms with Crippen LogP contribution in [0.4, 0.5) is 5.69 Å². The first kappa shape index (κ1) is 18.8. The second kappa shape index (κ2) is 9.05. The van der Waals surface area contributed by atoms with Crippen molar-refractivity contribution in [1.82, 2.24) is 5.43 Å². The van der Waals surface area contributed by atoms with Crippen LogP contribution in [0, 0.1) is 0 Å². The van der Waals surface area contributed by atoms with Crippen LogP contribution < -0.4 is 10.7 Å². The summed E-state index contributed by atoms with van der Waals surface area (Å²) < 4.78 is 0. The molecule has 0 aliphatic heterocycles. The number of anilines is 1. The minimum atomic E-state index is -0.427. The molecule has 0 bridgehead atoms. The van der Waals surface area contributed by atoms with E-state index in [9.17, 15) is 14.7 Å². The molecule has 0 spiro atoms. The third-order valence-corrected chi connectivity index (χ3v) is 3.66. The summed E-state index contributed by atoms with van der Waals surface area (Å²) in [6, 6.07) is 11.3. The van der Waals surface area contributed by atoms with Crippen molar-refractivity contribution in [3.05, 3.63) is 58.1 Å². The van der Waals surface area contributed by atoms with Crippen molar-refractivity contribution in [3.8, 4) is 5.75 Å². The number of nitrogens with one attached hydrogen (secondary N) is 2. The van der Waals surface area contributed by atoms with Crippen LogP contribution in [0.15, 0.2) is 47.6 Å². The summed E-state index contributed by atoms with van der Waals surface area (Å²) in [4.78, 5) is 23.5. The highest BCUT2D eigenvalue weighted by Crippen LogP contribution is 2.25. The predicted molar refractivity (Wildman–Crippen MR) is 98.2 cm³/mol. The van der Waals surface area contributed by atoms with Gasteiger partial charge in [0.25, 0.3) is 0 Å². The molecule has 2 aromatic rings. The summed E-state index contributed by atoms with van der Waals surface area (Å²) in [5.41, 5.74) is 3.19. The van der Waals surface area contributed by atoms with Crippen LogP contribution in [-0.4, -0.2) is 23.1 Å². The average molecular weight is 380 g/mol. The molecule has 130 valence electrons. The number of halogens is 2. The van der Waals surface area contributed by atoms with Gasteiger partial charge in [-0.25, -0.2) is 5.43 Å². The molecule has 6 nitrogen and oxygen atoms in total. The summed E-state index contributed by atoms with van der Waals surface area (Å²) in [6.07, 6.45) is 1.24. The number of carbonyl (C=O) groups excluding carboxylic acids is 2. The van der Waals surface area contributed by atoms with Crippen LogP contribution in [0.3, 0.4) is 0 Å². The van der Waals surface area contributed by atoms with E-state index in [0.29, 0.717) is 21.3 Å². The van der Waals surface area contributed by atoms with E-state index in [1.54, 1.807) is 30.3 Å². The number of benzene rings is 2. The first-order chi connectivity index (χ1) is 12.0. The normalized spacial score (nSPS) is 10.6. The summed E-state index contributed by atoms with van der Waals surface area (Å²) >= 11 is 11.7. The summed E-state index contributed by atoms with van der Waals surface area (Å²) in [7, 11) is 0. The molecule has 0 saturated heterocycles. The van der Waals surface area contributed by atoms with E-state index in [1.165, 1.54) is 18.3 Å². The van der Waals surface area contributed by atoms with Crippen LogP contribution in [0.2, 0.25) is 10.0 Å². The first-order valence-electron chi connectivity index (χ1n) is 7.30. The van der Waals surface area contributed by atoms with Crippen molar-refractivity contribution in [2.75, 3.05) is 5.32 Å². The van der Waals surface area contributed by atoms with Crippen LogP contribution in [0.1, 0.15) is 18.4 Å². The van der Waals surface area contributed by atoms with Gasteiger partial charge >= 0.3 is 0 Å². The standard InChI is InChI=1S/C17H15Cl2N3O3/c18-12-5-6-14(13(19)9-12)21-16(24)7-8-17(25)22-20-10-11-3-1-2-4-15(11)23/h1-6,9-10,23H,7-8H2,(H,21,24)(H,22,25). The Morgan fingerprint density at radius 1 is 1.08 bits per heavy atom. The number of nitrogens with zero attached hydrogens (tertiary/aromatic N) is 1. The van der Waals surface area contributed by atoms with E-state index >= 15 is 0 Å². The monoisotopic (exact) mass is 379 g/mol. The molecule has 2 rings (SSSR count). The Labute approximate surface area is 154 Å². The van der Waals surface area contributed by atoms with Gasteiger partial charge in [-0.3, -0.25) is 9.59 Å². The van der Waals surface area contributed by atoms with Crippen LogP contribution in [-0.2, 0) is 9.59 Å². The molecule has 2 amide bonds. The van der Waals surface area contributed by atoms with Gasteiger partial charge in [0.1, 0.15) is 5.75 Å². The van der Waals surface area contributed by atoms with Crippen molar-refractivity contribution in [2.45, 2.75) is 12.8 Å². The Morgan fingerprint density at radius 3 is 2.52 bits per heavy atom. The highest BCUT2D eigenvalue weighted by Gasteiger charge is 2.09. The lowest BCUT2D eigenvalue weighted by molar-refractivity contribution is -0.124. The second-order valence-electron chi connectivity index (χ2n) is 5.02. The average Bonchev–Trinajstić information content (AvgIpc) is 2.57. The molecule has 25 heavy (non-hydrogen) atoms. The van der Waals surface area contributed by atoms with Gasteiger partial charge in [-0.15, -0.1) is 0 Å². The third kappa shape index (κ3) is 6.10. The molecule has 0 aliphatic carbocycles. The van der Waals surface area contributed by atoms with E-state index < -0.39 is 5.91 Å². The maximum Gasteiger partial charge on any atom is 0.240 e. The molecule has 0 saturated carbocycles. The molecular formula is C17H15Cl2N3O3. The largest absolute Gasteiger partial charge is 0.507 e. The second-order valence-corrected chi connectivity index (χ2v) is 5.87. The van der Waals surface area contributed by atoms with Gasteiger partial charge in [-0.1, -0.05) is 35.3 Å². The Balaban J connectivity index is 1.77. The lowest BCUT2D eigenvalue weighted by atomic mass is 10.2. The van der Waals surface area contributed by atoms with E-state index in [0.717, 1.165) is 0 Å². The number of phenols is 1. The van der Waals surface area contributed by atoms with E-state index in [-0.39, 0.29) is 24.5 Å². The Morgan fingerprint density at radius 2 is 1.80 bits per heavy atom. The topological polar surface area (TPSA) is 90.8 Å². The van der Waals surface area contributed by atoms with Crippen molar-refractivity contribution >= 4 is 46.9 Å². The SMILES string of the molecule is O=C(CCC(=O)Nc1ccc(Cl)cc1Cl)NN=Cc1ccccc1O. The van der Waals surface area contributed by atoms with Gasteiger partial charge in [-0.05, 0) is 30.3 Å². The zero-order valence-electron chi connectivity index (χ0n) is 13.0.